The third-order valence-electron chi connectivity index (χ3n) is 7.34. The van der Waals surface area contributed by atoms with Crippen molar-refractivity contribution in [2.45, 2.75) is 44.9 Å². The molecule has 0 aliphatic carbocycles. The molecule has 2 atom stereocenters. The van der Waals surface area contributed by atoms with Gasteiger partial charge in [-0.25, -0.2) is 9.18 Å². The largest absolute Gasteiger partial charge is 0.439 e. The summed E-state index contributed by atoms with van der Waals surface area (Å²) in [5.41, 5.74) is -0.786. The van der Waals surface area contributed by atoms with Crippen LogP contribution in [0.4, 0.5) is 35.5 Å². The maximum Gasteiger partial charge on any atom is 0.416 e. The number of amides is 1. The zero-order chi connectivity index (χ0) is 32.0. The number of aromatic nitrogens is 2. The zero-order valence-electron chi connectivity index (χ0n) is 23.0. The summed E-state index contributed by atoms with van der Waals surface area (Å²) in [7, 11) is 0. The molecule has 0 N–H and O–H groups in total. The minimum absolute atomic E-state index is 0.00462. The van der Waals surface area contributed by atoms with Crippen LogP contribution in [-0.2, 0) is 23.6 Å². The molecule has 1 aliphatic rings. The summed E-state index contributed by atoms with van der Waals surface area (Å²) in [6.45, 7) is 2.87. The number of rotatable bonds is 6. The highest BCUT2D eigenvalue weighted by atomic mass is 19.4. The average Bonchev–Trinajstić information content (AvgIpc) is 3.25. The molecule has 1 amide bonds. The molecule has 228 valence electrons. The van der Waals surface area contributed by atoms with Gasteiger partial charge in [-0.1, -0.05) is 18.2 Å². The molecular formula is C31H22F7N3O3. The first-order valence-electron chi connectivity index (χ1n) is 13.1. The number of ether oxygens (including phenoxy) is 1. The molecule has 0 unspecified atom stereocenters. The Kier molecular flexibility index (Phi) is 7.91. The minimum Gasteiger partial charge on any atom is -0.439 e. The maximum absolute atomic E-state index is 15.2. The molecule has 0 bridgehead atoms. The number of halogens is 7. The van der Waals surface area contributed by atoms with Gasteiger partial charge in [0.05, 0.1) is 35.1 Å². The lowest BCUT2D eigenvalue weighted by atomic mass is 9.95. The Bertz CT molecular complexity index is 1720. The second-order valence-electron chi connectivity index (χ2n) is 10.3. The van der Waals surface area contributed by atoms with Gasteiger partial charge in [0, 0.05) is 23.5 Å². The predicted molar refractivity (Wildman–Crippen MR) is 144 cm³/mol. The van der Waals surface area contributed by atoms with Crippen molar-refractivity contribution in [3.05, 3.63) is 106 Å². The van der Waals surface area contributed by atoms with Crippen molar-refractivity contribution >= 4 is 12.4 Å². The normalized spacial score (nSPS) is 17.1. The Morgan fingerprint density at radius 2 is 1.55 bits per heavy atom. The highest BCUT2D eigenvalue weighted by molar-refractivity contribution is 5.80. The van der Waals surface area contributed by atoms with Crippen LogP contribution < -0.4 is 0 Å². The van der Waals surface area contributed by atoms with E-state index in [4.69, 9.17) is 4.74 Å². The van der Waals surface area contributed by atoms with Gasteiger partial charge in [-0.2, -0.15) is 26.3 Å². The number of benzene rings is 3. The van der Waals surface area contributed by atoms with Crippen LogP contribution in [0, 0.1) is 12.7 Å². The lowest BCUT2D eigenvalue weighted by molar-refractivity contribution is -0.143. The minimum atomic E-state index is -5.08. The molecule has 44 heavy (non-hydrogen) atoms. The summed E-state index contributed by atoms with van der Waals surface area (Å²) in [5.74, 6) is -0.656. The van der Waals surface area contributed by atoms with Crippen LogP contribution in [-0.4, -0.2) is 33.3 Å². The van der Waals surface area contributed by atoms with Crippen LogP contribution in [0.2, 0.25) is 0 Å². The zero-order valence-corrected chi connectivity index (χ0v) is 23.0. The fourth-order valence-electron chi connectivity index (χ4n) is 5.13. The van der Waals surface area contributed by atoms with Gasteiger partial charge in [0.25, 0.3) is 0 Å². The highest BCUT2D eigenvalue weighted by Crippen LogP contribution is 2.41. The topological polar surface area (TPSA) is 72.4 Å². The molecule has 0 spiro atoms. The number of alkyl halides is 6. The quantitative estimate of drug-likeness (QED) is 0.161. The van der Waals surface area contributed by atoms with E-state index >= 15 is 4.39 Å². The first-order valence-corrected chi connectivity index (χ1v) is 13.1. The van der Waals surface area contributed by atoms with Crippen molar-refractivity contribution in [2.75, 3.05) is 0 Å². The third-order valence-corrected chi connectivity index (χ3v) is 7.34. The molecule has 1 fully saturated rings. The molecule has 5 rings (SSSR count). The first-order chi connectivity index (χ1) is 20.7. The number of carbonyl (C=O) groups excluding carboxylic acids is 2. The molecule has 0 saturated carbocycles. The Morgan fingerprint density at radius 3 is 2.16 bits per heavy atom. The number of cyclic esters (lactones) is 1. The van der Waals surface area contributed by atoms with Crippen LogP contribution in [0.1, 0.15) is 51.3 Å². The van der Waals surface area contributed by atoms with E-state index in [0.717, 1.165) is 16.0 Å². The summed E-state index contributed by atoms with van der Waals surface area (Å²) >= 11 is 0. The van der Waals surface area contributed by atoms with Gasteiger partial charge in [-0.3, -0.25) is 19.7 Å². The molecule has 6 nitrogen and oxygen atoms in total. The van der Waals surface area contributed by atoms with Gasteiger partial charge in [0.1, 0.15) is 18.2 Å². The van der Waals surface area contributed by atoms with Gasteiger partial charge < -0.3 is 4.74 Å². The fraction of sp³-hybridized carbons (Fsp3) is 0.226. The fourth-order valence-corrected chi connectivity index (χ4v) is 5.13. The summed E-state index contributed by atoms with van der Waals surface area (Å²) in [6.07, 6.45) is -9.32. The molecule has 1 saturated heterocycles. The van der Waals surface area contributed by atoms with Crippen molar-refractivity contribution in [2.24, 2.45) is 0 Å². The average molecular weight is 618 g/mol. The van der Waals surface area contributed by atoms with E-state index in [2.05, 4.69) is 9.97 Å². The van der Waals surface area contributed by atoms with Crippen molar-refractivity contribution in [1.82, 2.24) is 14.9 Å². The van der Waals surface area contributed by atoms with E-state index in [1.165, 1.54) is 31.5 Å². The van der Waals surface area contributed by atoms with Crippen molar-refractivity contribution in [1.29, 1.82) is 0 Å². The molecule has 1 aromatic heterocycles. The van der Waals surface area contributed by atoms with Gasteiger partial charge in [-0.15, -0.1) is 0 Å². The van der Waals surface area contributed by atoms with Gasteiger partial charge in [0.2, 0.25) is 0 Å². The van der Waals surface area contributed by atoms with E-state index in [1.54, 1.807) is 31.2 Å². The Labute approximate surface area is 246 Å². The highest BCUT2D eigenvalue weighted by Gasteiger charge is 2.43. The molecule has 13 heteroatoms. The number of hydrogen-bond acceptors (Lipinski definition) is 5. The molecule has 0 radical (unpaired) electrons. The van der Waals surface area contributed by atoms with Gasteiger partial charge in [-0.05, 0) is 72.5 Å². The summed E-state index contributed by atoms with van der Waals surface area (Å²) in [5, 5.41) is 0. The standard InChI is InChI=1S/C31H22F7N3O3/c1-16-9-18(15-42)3-5-23(16)19-4-6-25(32)24(12-19)27-26(39-7-8-40-27)14-41-17(2)28(44-29(41)43)20-10-21(30(33,34)35)13-22(11-20)31(36,37)38/h3-13,15,17,28H,14H2,1-2H3/t17-,28-/m0/s1. The van der Waals surface area contributed by atoms with E-state index in [1.807, 2.05) is 0 Å². The number of hydrogen-bond donors (Lipinski definition) is 0. The summed E-state index contributed by atoms with van der Waals surface area (Å²) < 4.78 is 101. The number of aryl methyl sites for hydroxylation is 1. The molecule has 4 aromatic rings. The Morgan fingerprint density at radius 1 is 0.886 bits per heavy atom. The van der Waals surface area contributed by atoms with E-state index < -0.39 is 53.1 Å². The summed E-state index contributed by atoms with van der Waals surface area (Å²) in [6, 6.07) is 9.32. The summed E-state index contributed by atoms with van der Waals surface area (Å²) in [4.78, 5) is 33.6. The van der Waals surface area contributed by atoms with Gasteiger partial charge in [0.15, 0.2) is 0 Å². The van der Waals surface area contributed by atoms with E-state index in [0.29, 0.717) is 29.5 Å². The lowest BCUT2D eigenvalue weighted by Gasteiger charge is -2.23. The predicted octanol–water partition coefficient (Wildman–Crippen LogP) is 8.19. The smallest absolute Gasteiger partial charge is 0.416 e. The molecule has 1 aliphatic heterocycles. The monoisotopic (exact) mass is 617 g/mol. The second-order valence-corrected chi connectivity index (χ2v) is 10.3. The van der Waals surface area contributed by atoms with Crippen LogP contribution in [0.25, 0.3) is 22.4 Å². The first kappa shape index (κ1) is 30.6. The van der Waals surface area contributed by atoms with Crippen LogP contribution >= 0.6 is 0 Å². The van der Waals surface area contributed by atoms with Crippen molar-refractivity contribution in [3.63, 3.8) is 0 Å². The second kappa shape index (κ2) is 11.4. The van der Waals surface area contributed by atoms with E-state index in [-0.39, 0.29) is 29.6 Å². The van der Waals surface area contributed by atoms with E-state index in [9.17, 15) is 35.9 Å². The molecule has 3 aromatic carbocycles. The van der Waals surface area contributed by atoms with Crippen molar-refractivity contribution in [3.8, 4) is 22.4 Å². The van der Waals surface area contributed by atoms with Crippen LogP contribution in [0.5, 0.6) is 0 Å². The number of carbonyl (C=O) groups is 2. The lowest BCUT2D eigenvalue weighted by Crippen LogP contribution is -2.32. The Balaban J connectivity index is 1.49. The third kappa shape index (κ3) is 5.99. The molecular weight excluding hydrogens is 595 g/mol. The number of aldehydes is 1. The molecule has 2 heterocycles. The van der Waals surface area contributed by atoms with Crippen LogP contribution in [0.3, 0.4) is 0 Å². The van der Waals surface area contributed by atoms with Crippen molar-refractivity contribution < 1.29 is 45.1 Å². The maximum atomic E-state index is 15.2. The SMILES string of the molecule is Cc1cc(C=O)ccc1-c1ccc(F)c(-c2nccnc2CN2C(=O)O[C@H](c3cc(C(F)(F)F)cc(C(F)(F)F)c3)[C@@H]2C)c1. The Hall–Kier alpha value is -4.81. The van der Waals surface area contributed by atoms with Gasteiger partial charge >= 0.3 is 18.4 Å². The number of nitrogens with zero attached hydrogens (tertiary/aromatic N) is 3. The van der Waals surface area contributed by atoms with Crippen LogP contribution in [0.15, 0.2) is 67.0 Å².